The highest BCUT2D eigenvalue weighted by molar-refractivity contribution is 9.10. The SMILES string of the molecule is CCCCn1nnc(C#N)c1-c1ccc(Br)o1. The first-order chi connectivity index (χ1) is 8.26. The number of furan rings is 1. The molecule has 2 aromatic rings. The summed E-state index contributed by atoms with van der Waals surface area (Å²) >= 11 is 3.24. The highest BCUT2D eigenvalue weighted by Crippen LogP contribution is 2.26. The Morgan fingerprint density at radius 2 is 2.35 bits per heavy atom. The third-order valence-electron chi connectivity index (χ3n) is 2.37. The predicted octanol–water partition coefficient (Wildman–Crippen LogP) is 2.97. The van der Waals surface area contributed by atoms with Crippen LogP contribution >= 0.6 is 15.9 Å². The van der Waals surface area contributed by atoms with Crippen LogP contribution < -0.4 is 0 Å². The van der Waals surface area contributed by atoms with Crippen molar-refractivity contribution in [1.82, 2.24) is 15.0 Å². The van der Waals surface area contributed by atoms with Crippen LogP contribution in [-0.2, 0) is 6.54 Å². The highest BCUT2D eigenvalue weighted by Gasteiger charge is 2.17. The van der Waals surface area contributed by atoms with E-state index in [4.69, 9.17) is 9.68 Å². The van der Waals surface area contributed by atoms with E-state index in [9.17, 15) is 0 Å². The molecule has 0 aliphatic heterocycles. The summed E-state index contributed by atoms with van der Waals surface area (Å²) in [4.78, 5) is 0. The molecule has 0 saturated heterocycles. The average Bonchev–Trinajstić information content (AvgIpc) is 2.91. The van der Waals surface area contributed by atoms with Crippen molar-refractivity contribution in [3.8, 4) is 17.5 Å². The summed E-state index contributed by atoms with van der Waals surface area (Å²) in [6.45, 7) is 2.84. The molecule has 0 N–H and O–H groups in total. The standard InChI is InChI=1S/C11H11BrN4O/c1-2-3-6-16-11(8(7-13)14-15-16)9-4-5-10(12)17-9/h4-5H,2-3,6H2,1H3. The second-order valence-corrected chi connectivity index (χ2v) is 4.36. The third-order valence-corrected chi connectivity index (χ3v) is 2.80. The number of nitriles is 1. The molecule has 5 nitrogen and oxygen atoms in total. The number of unbranched alkanes of at least 4 members (excludes halogenated alkanes) is 1. The summed E-state index contributed by atoms with van der Waals surface area (Å²) in [7, 11) is 0. The lowest BCUT2D eigenvalue weighted by atomic mass is 10.2. The van der Waals surface area contributed by atoms with Crippen LogP contribution in [-0.4, -0.2) is 15.0 Å². The molecule has 0 spiro atoms. The third kappa shape index (κ3) is 2.39. The van der Waals surface area contributed by atoms with Crippen molar-refractivity contribution in [2.45, 2.75) is 26.3 Å². The lowest BCUT2D eigenvalue weighted by molar-refractivity contribution is 0.524. The van der Waals surface area contributed by atoms with Gasteiger partial charge in [0, 0.05) is 6.54 Å². The summed E-state index contributed by atoms with van der Waals surface area (Å²) in [6.07, 6.45) is 2.05. The fourth-order valence-electron chi connectivity index (χ4n) is 1.54. The summed E-state index contributed by atoms with van der Waals surface area (Å²) in [5, 5.41) is 16.8. The zero-order valence-electron chi connectivity index (χ0n) is 9.35. The Labute approximate surface area is 107 Å². The van der Waals surface area contributed by atoms with E-state index in [1.54, 1.807) is 16.8 Å². The van der Waals surface area contributed by atoms with Crippen LogP contribution in [0.2, 0.25) is 0 Å². The van der Waals surface area contributed by atoms with Gasteiger partial charge in [0.05, 0.1) is 0 Å². The molecule has 2 rings (SSSR count). The van der Waals surface area contributed by atoms with Crippen LogP contribution in [0.25, 0.3) is 11.5 Å². The van der Waals surface area contributed by atoms with E-state index in [2.05, 4.69) is 33.2 Å². The minimum absolute atomic E-state index is 0.294. The lowest BCUT2D eigenvalue weighted by Gasteiger charge is -2.02. The molecule has 0 aromatic carbocycles. The molecular weight excluding hydrogens is 284 g/mol. The molecule has 0 bridgehead atoms. The molecule has 6 heteroatoms. The molecule has 0 saturated carbocycles. The topological polar surface area (TPSA) is 67.6 Å². The van der Waals surface area contributed by atoms with Crippen LogP contribution in [0, 0.1) is 11.3 Å². The maximum atomic E-state index is 9.01. The normalized spacial score (nSPS) is 10.4. The Hall–Kier alpha value is -1.61. The molecule has 0 atom stereocenters. The van der Waals surface area contributed by atoms with Crippen molar-refractivity contribution >= 4 is 15.9 Å². The number of hydrogen-bond acceptors (Lipinski definition) is 4. The molecule has 0 radical (unpaired) electrons. The Kier molecular flexibility index (Phi) is 3.59. The van der Waals surface area contributed by atoms with Gasteiger partial charge in [-0.3, -0.25) is 0 Å². The van der Waals surface area contributed by atoms with Gasteiger partial charge in [0.2, 0.25) is 0 Å². The molecule has 0 fully saturated rings. The van der Waals surface area contributed by atoms with E-state index >= 15 is 0 Å². The Morgan fingerprint density at radius 1 is 1.53 bits per heavy atom. The van der Waals surface area contributed by atoms with Gasteiger partial charge in [0.25, 0.3) is 0 Å². The average molecular weight is 295 g/mol. The van der Waals surface area contributed by atoms with E-state index in [0.29, 0.717) is 21.8 Å². The maximum Gasteiger partial charge on any atom is 0.193 e. The van der Waals surface area contributed by atoms with Crippen molar-refractivity contribution in [3.05, 3.63) is 22.5 Å². The van der Waals surface area contributed by atoms with Gasteiger partial charge in [-0.15, -0.1) is 5.10 Å². The molecule has 0 unspecified atom stereocenters. The van der Waals surface area contributed by atoms with Gasteiger partial charge in [0.15, 0.2) is 16.1 Å². The number of halogens is 1. The maximum absolute atomic E-state index is 9.01. The quantitative estimate of drug-likeness (QED) is 0.869. The van der Waals surface area contributed by atoms with Crippen molar-refractivity contribution in [2.24, 2.45) is 0 Å². The minimum Gasteiger partial charge on any atom is -0.448 e. The van der Waals surface area contributed by atoms with Crippen LogP contribution in [0.1, 0.15) is 25.5 Å². The molecule has 2 aromatic heterocycles. The molecule has 2 heterocycles. The summed E-state index contributed by atoms with van der Waals surface area (Å²) in [5.41, 5.74) is 0.939. The number of aryl methyl sites for hydroxylation is 1. The second-order valence-electron chi connectivity index (χ2n) is 3.58. The van der Waals surface area contributed by atoms with E-state index in [1.165, 1.54) is 0 Å². The molecular formula is C11H11BrN4O. The summed E-state index contributed by atoms with van der Waals surface area (Å²) in [5.74, 6) is 0.606. The molecule has 88 valence electrons. The zero-order chi connectivity index (χ0) is 12.3. The fourth-order valence-corrected chi connectivity index (χ4v) is 1.84. The van der Waals surface area contributed by atoms with Gasteiger partial charge in [-0.05, 0) is 34.5 Å². The highest BCUT2D eigenvalue weighted by atomic mass is 79.9. The molecule has 0 amide bonds. The zero-order valence-corrected chi connectivity index (χ0v) is 10.9. The van der Waals surface area contributed by atoms with E-state index in [0.717, 1.165) is 19.4 Å². The van der Waals surface area contributed by atoms with Crippen LogP contribution in [0.4, 0.5) is 0 Å². The first kappa shape index (κ1) is 11.9. The minimum atomic E-state index is 0.294. The first-order valence-electron chi connectivity index (χ1n) is 5.35. The Morgan fingerprint density at radius 3 is 2.94 bits per heavy atom. The monoisotopic (exact) mass is 294 g/mol. The molecule has 0 aliphatic rings. The van der Waals surface area contributed by atoms with Crippen molar-refractivity contribution in [3.63, 3.8) is 0 Å². The van der Waals surface area contributed by atoms with Crippen LogP contribution in [0.3, 0.4) is 0 Å². The number of nitrogens with zero attached hydrogens (tertiary/aromatic N) is 4. The van der Waals surface area contributed by atoms with Gasteiger partial charge < -0.3 is 4.42 Å². The van der Waals surface area contributed by atoms with Gasteiger partial charge in [0.1, 0.15) is 11.8 Å². The molecule has 0 aliphatic carbocycles. The predicted molar refractivity (Wildman–Crippen MR) is 65.0 cm³/mol. The van der Waals surface area contributed by atoms with E-state index < -0.39 is 0 Å². The summed E-state index contributed by atoms with van der Waals surface area (Å²) in [6, 6.07) is 5.61. The van der Waals surface area contributed by atoms with Gasteiger partial charge in [-0.1, -0.05) is 18.6 Å². The van der Waals surface area contributed by atoms with Crippen LogP contribution in [0.15, 0.2) is 21.2 Å². The van der Waals surface area contributed by atoms with Gasteiger partial charge in [-0.2, -0.15) is 5.26 Å². The van der Waals surface area contributed by atoms with Gasteiger partial charge >= 0.3 is 0 Å². The Bertz CT molecular complexity index is 552. The second kappa shape index (κ2) is 5.15. The Balaban J connectivity index is 2.42. The smallest absolute Gasteiger partial charge is 0.193 e. The summed E-state index contributed by atoms with van der Waals surface area (Å²) < 4.78 is 7.80. The molecule has 17 heavy (non-hydrogen) atoms. The van der Waals surface area contributed by atoms with Crippen molar-refractivity contribution < 1.29 is 4.42 Å². The number of aromatic nitrogens is 3. The number of hydrogen-bond donors (Lipinski definition) is 0. The number of rotatable bonds is 4. The van der Waals surface area contributed by atoms with Crippen molar-refractivity contribution in [1.29, 1.82) is 5.26 Å². The van der Waals surface area contributed by atoms with Gasteiger partial charge in [-0.25, -0.2) is 4.68 Å². The van der Waals surface area contributed by atoms with Crippen molar-refractivity contribution in [2.75, 3.05) is 0 Å². The van der Waals surface area contributed by atoms with E-state index in [-0.39, 0.29) is 0 Å². The van der Waals surface area contributed by atoms with Crippen LogP contribution in [0.5, 0.6) is 0 Å². The largest absolute Gasteiger partial charge is 0.448 e. The first-order valence-corrected chi connectivity index (χ1v) is 6.15. The lowest BCUT2D eigenvalue weighted by Crippen LogP contribution is -2.02. The fraction of sp³-hybridized carbons (Fsp3) is 0.364. The van der Waals surface area contributed by atoms with E-state index in [1.807, 2.05) is 6.07 Å².